The summed E-state index contributed by atoms with van der Waals surface area (Å²) in [6.07, 6.45) is 3.42. The molecule has 5 atom stereocenters. The lowest BCUT2D eigenvalue weighted by Gasteiger charge is -2.42. The number of anilines is 1. The van der Waals surface area contributed by atoms with Gasteiger partial charge in [0.1, 0.15) is 6.61 Å². The zero-order valence-corrected chi connectivity index (χ0v) is 17.2. The number of halogens is 2. The van der Waals surface area contributed by atoms with Crippen molar-refractivity contribution in [3.63, 3.8) is 0 Å². The highest BCUT2D eigenvalue weighted by atomic mass is 35.5. The van der Waals surface area contributed by atoms with Crippen molar-refractivity contribution >= 4 is 41.0 Å². The fourth-order valence-electron chi connectivity index (χ4n) is 5.11. The minimum Gasteiger partial charge on any atom is -0.396 e. The van der Waals surface area contributed by atoms with Gasteiger partial charge in [-0.15, -0.1) is 0 Å². The van der Waals surface area contributed by atoms with E-state index in [-0.39, 0.29) is 42.4 Å². The van der Waals surface area contributed by atoms with Crippen molar-refractivity contribution < 1.29 is 15.0 Å². The van der Waals surface area contributed by atoms with Gasteiger partial charge in [0.25, 0.3) is 0 Å². The van der Waals surface area contributed by atoms with Crippen LogP contribution in [0.25, 0.3) is 0 Å². The Labute approximate surface area is 174 Å². The molecule has 3 heterocycles. The van der Waals surface area contributed by atoms with E-state index in [1.54, 1.807) is 4.90 Å². The standard InChI is InChI=1S/C20H25Cl2N3O3/c1-10-17-15(2-3-25(10)16(28)9-27)24-20-18(17)13(5-14(21)19(20)22)12-4-11(8-26)6-23-7-12/h5-6,10-12,15,17,24,26-27H,2-4,7-9H2,1H3/t10-,11?,12?,15?,17?/m0/s1. The number of fused-ring (bicyclic) bond motifs is 3. The third-order valence-corrected chi connectivity index (χ3v) is 7.23. The largest absolute Gasteiger partial charge is 0.396 e. The monoisotopic (exact) mass is 425 g/mol. The topological polar surface area (TPSA) is 85.2 Å². The van der Waals surface area contributed by atoms with Crippen LogP contribution in [-0.4, -0.2) is 65.6 Å². The van der Waals surface area contributed by atoms with E-state index in [4.69, 9.17) is 23.2 Å². The molecular weight excluding hydrogens is 401 g/mol. The van der Waals surface area contributed by atoms with E-state index in [0.29, 0.717) is 23.1 Å². The molecule has 0 spiro atoms. The number of nitrogens with zero attached hydrogens (tertiary/aromatic N) is 2. The zero-order chi connectivity index (χ0) is 20.0. The quantitative estimate of drug-likeness (QED) is 0.694. The summed E-state index contributed by atoms with van der Waals surface area (Å²) in [5, 5.41) is 23.5. The summed E-state index contributed by atoms with van der Waals surface area (Å²) < 4.78 is 0. The summed E-state index contributed by atoms with van der Waals surface area (Å²) in [5.41, 5.74) is 3.07. The maximum absolute atomic E-state index is 12.2. The molecule has 4 unspecified atom stereocenters. The minimum atomic E-state index is -0.480. The summed E-state index contributed by atoms with van der Waals surface area (Å²) in [5.74, 6) is -0.00119. The van der Waals surface area contributed by atoms with Crippen LogP contribution in [0.15, 0.2) is 11.1 Å². The van der Waals surface area contributed by atoms with E-state index in [1.165, 1.54) is 0 Å². The van der Waals surface area contributed by atoms with Crippen LogP contribution in [0.4, 0.5) is 5.69 Å². The van der Waals surface area contributed by atoms with Crippen LogP contribution in [-0.2, 0) is 4.79 Å². The molecule has 1 aromatic carbocycles. The van der Waals surface area contributed by atoms with Gasteiger partial charge in [0.15, 0.2) is 0 Å². The summed E-state index contributed by atoms with van der Waals surface area (Å²) >= 11 is 13.0. The number of aliphatic imine (C=N–C) groups is 1. The van der Waals surface area contributed by atoms with Crippen LogP contribution in [0.1, 0.15) is 42.7 Å². The number of piperidine rings is 1. The second kappa shape index (κ2) is 7.82. The molecule has 3 aliphatic rings. The lowest BCUT2D eigenvalue weighted by molar-refractivity contribution is -0.138. The third-order valence-electron chi connectivity index (χ3n) is 6.44. The summed E-state index contributed by atoms with van der Waals surface area (Å²) in [6, 6.07) is 2.04. The van der Waals surface area contributed by atoms with Crippen molar-refractivity contribution in [3.8, 4) is 0 Å². The lowest BCUT2D eigenvalue weighted by atomic mass is 9.77. The second-order valence-corrected chi connectivity index (χ2v) is 8.78. The molecular formula is C20H25Cl2N3O3. The van der Waals surface area contributed by atoms with Gasteiger partial charge in [-0.2, -0.15) is 0 Å². The van der Waals surface area contributed by atoms with Crippen molar-refractivity contribution in [2.75, 3.05) is 31.6 Å². The third kappa shape index (κ3) is 3.20. The van der Waals surface area contributed by atoms with Crippen LogP contribution >= 0.6 is 23.2 Å². The van der Waals surface area contributed by atoms with Gasteiger partial charge in [0, 0.05) is 49.1 Å². The highest BCUT2D eigenvalue weighted by Crippen LogP contribution is 2.52. The molecule has 28 heavy (non-hydrogen) atoms. The van der Waals surface area contributed by atoms with Crippen molar-refractivity contribution in [1.29, 1.82) is 0 Å². The number of likely N-dealkylation sites (tertiary alicyclic amines) is 1. The first-order valence-corrected chi connectivity index (χ1v) is 10.5. The average Bonchev–Trinajstić information content (AvgIpc) is 3.11. The van der Waals surface area contributed by atoms with Crippen LogP contribution in [0.2, 0.25) is 10.0 Å². The highest BCUT2D eigenvalue weighted by Gasteiger charge is 2.46. The first-order valence-electron chi connectivity index (χ1n) is 9.75. The number of carbonyl (C=O) groups is 1. The molecule has 0 saturated carbocycles. The fraction of sp³-hybridized carbons (Fsp3) is 0.600. The number of benzene rings is 1. The summed E-state index contributed by atoms with van der Waals surface area (Å²) in [7, 11) is 0. The SMILES string of the molecule is C[C@H]1C2c3c(C4CN=CC(CO)C4)cc(Cl)c(Cl)c3NC2CCN1C(=O)CO. The predicted octanol–water partition coefficient (Wildman–Crippen LogP) is 2.65. The Kier molecular flexibility index (Phi) is 5.58. The summed E-state index contributed by atoms with van der Waals surface area (Å²) in [6.45, 7) is 2.87. The van der Waals surface area contributed by atoms with Crippen molar-refractivity contribution in [3.05, 3.63) is 27.2 Å². The average molecular weight is 426 g/mol. The number of nitrogens with one attached hydrogen (secondary N) is 1. The molecule has 6 nitrogen and oxygen atoms in total. The molecule has 1 saturated heterocycles. The Morgan fingerprint density at radius 1 is 1.39 bits per heavy atom. The smallest absolute Gasteiger partial charge is 0.248 e. The molecule has 3 N–H and O–H groups in total. The number of hydrogen-bond acceptors (Lipinski definition) is 5. The predicted molar refractivity (Wildman–Crippen MR) is 111 cm³/mol. The maximum Gasteiger partial charge on any atom is 0.248 e. The molecule has 0 radical (unpaired) electrons. The van der Waals surface area contributed by atoms with E-state index in [1.807, 2.05) is 19.2 Å². The Morgan fingerprint density at radius 2 is 2.18 bits per heavy atom. The minimum absolute atomic E-state index is 0.0326. The van der Waals surface area contributed by atoms with E-state index < -0.39 is 6.61 Å². The van der Waals surface area contributed by atoms with Crippen LogP contribution in [0.3, 0.4) is 0 Å². The van der Waals surface area contributed by atoms with Crippen molar-refractivity contribution in [2.24, 2.45) is 10.9 Å². The molecule has 0 aliphatic carbocycles. The van der Waals surface area contributed by atoms with Crippen LogP contribution < -0.4 is 5.32 Å². The Balaban J connectivity index is 1.78. The molecule has 152 valence electrons. The molecule has 3 aliphatic heterocycles. The maximum atomic E-state index is 12.2. The molecule has 4 rings (SSSR count). The van der Waals surface area contributed by atoms with Gasteiger partial charge in [0.05, 0.1) is 22.3 Å². The Hall–Kier alpha value is -1.34. The van der Waals surface area contributed by atoms with Gasteiger partial charge < -0.3 is 20.4 Å². The molecule has 0 aromatic heterocycles. The first-order chi connectivity index (χ1) is 13.5. The van der Waals surface area contributed by atoms with E-state index in [2.05, 4.69) is 10.3 Å². The highest BCUT2D eigenvalue weighted by molar-refractivity contribution is 6.44. The number of aliphatic hydroxyl groups is 2. The van der Waals surface area contributed by atoms with Crippen molar-refractivity contribution in [2.45, 2.75) is 43.7 Å². The van der Waals surface area contributed by atoms with Crippen molar-refractivity contribution in [1.82, 2.24) is 4.90 Å². The van der Waals surface area contributed by atoms with Gasteiger partial charge in [-0.3, -0.25) is 9.79 Å². The zero-order valence-electron chi connectivity index (χ0n) is 15.7. The van der Waals surface area contributed by atoms with Gasteiger partial charge in [0.2, 0.25) is 5.91 Å². The first kappa shape index (κ1) is 20.0. The molecule has 0 bridgehead atoms. The number of rotatable bonds is 3. The van der Waals surface area contributed by atoms with Crippen LogP contribution in [0, 0.1) is 5.92 Å². The fourth-order valence-corrected chi connectivity index (χ4v) is 5.53. The van der Waals surface area contributed by atoms with Gasteiger partial charge in [-0.05, 0) is 37.0 Å². The number of hydrogen-bond donors (Lipinski definition) is 3. The summed E-state index contributed by atoms with van der Waals surface area (Å²) in [4.78, 5) is 18.5. The molecule has 8 heteroatoms. The molecule has 1 amide bonds. The number of amides is 1. The van der Waals surface area contributed by atoms with Crippen LogP contribution in [0.5, 0.6) is 0 Å². The second-order valence-electron chi connectivity index (χ2n) is 7.99. The van der Waals surface area contributed by atoms with Gasteiger partial charge >= 0.3 is 0 Å². The molecule has 1 fully saturated rings. The van der Waals surface area contributed by atoms with E-state index in [0.717, 1.165) is 29.7 Å². The normalized spacial score (nSPS) is 31.3. The van der Waals surface area contributed by atoms with E-state index in [9.17, 15) is 15.0 Å². The lowest BCUT2D eigenvalue weighted by Crippen LogP contribution is -2.51. The Bertz CT molecular complexity index is 816. The number of aliphatic hydroxyl groups excluding tert-OH is 2. The Morgan fingerprint density at radius 3 is 2.89 bits per heavy atom. The van der Waals surface area contributed by atoms with Gasteiger partial charge in [-0.1, -0.05) is 23.2 Å². The van der Waals surface area contributed by atoms with E-state index >= 15 is 0 Å². The number of carbonyl (C=O) groups excluding carboxylic acids is 1. The molecule has 1 aromatic rings. The van der Waals surface area contributed by atoms with Gasteiger partial charge in [-0.25, -0.2) is 0 Å².